The third-order valence-corrected chi connectivity index (χ3v) is 6.97. The van der Waals surface area contributed by atoms with E-state index in [2.05, 4.69) is 10.6 Å². The second kappa shape index (κ2) is 7.27. The Morgan fingerprint density at radius 1 is 1.07 bits per heavy atom. The highest BCUT2D eigenvalue weighted by Gasteiger charge is 2.51. The molecular weight excluding hydrogens is 338 g/mol. The maximum atomic E-state index is 12.6. The number of carbonyl (C=O) groups excluding carboxylic acids is 2. The summed E-state index contributed by atoms with van der Waals surface area (Å²) in [4.78, 5) is 27.1. The molecule has 1 aromatic carbocycles. The number of nitrogens with zero attached hydrogens (tertiary/aromatic N) is 1. The number of amides is 3. The third kappa shape index (κ3) is 4.03. The molecule has 0 aromatic heterocycles. The van der Waals surface area contributed by atoms with Crippen LogP contribution in [0.4, 0.5) is 4.79 Å². The van der Waals surface area contributed by atoms with Crippen LogP contribution < -0.4 is 10.6 Å². The summed E-state index contributed by atoms with van der Waals surface area (Å²) in [5.74, 6) is 2.06. The lowest BCUT2D eigenvalue weighted by Crippen LogP contribution is -2.62. The molecule has 5 heteroatoms. The average molecular weight is 370 g/mol. The molecule has 5 rings (SSSR count). The molecule has 146 valence electrons. The zero-order chi connectivity index (χ0) is 19.0. The Morgan fingerprint density at radius 3 is 2.19 bits per heavy atom. The van der Waals surface area contributed by atoms with Gasteiger partial charge < -0.3 is 5.32 Å². The van der Waals surface area contributed by atoms with Crippen molar-refractivity contribution in [3.05, 3.63) is 35.9 Å². The van der Waals surface area contributed by atoms with Crippen LogP contribution in [-0.2, 0) is 11.3 Å². The highest BCUT2D eigenvalue weighted by molar-refractivity contribution is 5.97. The van der Waals surface area contributed by atoms with Gasteiger partial charge in [-0.05, 0) is 75.8 Å². The topological polar surface area (TPSA) is 61.4 Å². The van der Waals surface area contributed by atoms with Crippen molar-refractivity contribution in [2.75, 3.05) is 7.05 Å². The van der Waals surface area contributed by atoms with Crippen LogP contribution in [0.3, 0.4) is 0 Å². The predicted octanol–water partition coefficient (Wildman–Crippen LogP) is 3.30. The fourth-order valence-electron chi connectivity index (χ4n) is 5.96. The summed E-state index contributed by atoms with van der Waals surface area (Å²) < 4.78 is 0. The second-order valence-corrected chi connectivity index (χ2v) is 9.22. The summed E-state index contributed by atoms with van der Waals surface area (Å²) in [5.41, 5.74) is 1.08. The molecule has 4 aliphatic rings. The Labute approximate surface area is 161 Å². The molecule has 4 aliphatic carbocycles. The molecule has 0 radical (unpaired) electrons. The number of carbonyl (C=O) groups is 2. The summed E-state index contributed by atoms with van der Waals surface area (Å²) in [5, 5.41) is 5.80. The Hall–Kier alpha value is -1.88. The van der Waals surface area contributed by atoms with E-state index < -0.39 is 0 Å². The Bertz CT molecular complexity index is 667. The zero-order valence-electron chi connectivity index (χ0n) is 16.4. The Morgan fingerprint density at radius 2 is 1.63 bits per heavy atom. The molecular formula is C22H31N3O2. The van der Waals surface area contributed by atoms with Gasteiger partial charge in [0.05, 0.1) is 6.04 Å². The maximum absolute atomic E-state index is 12.6. The lowest BCUT2D eigenvalue weighted by molar-refractivity contribution is -0.124. The number of rotatable bonds is 5. The SMILES string of the molecule is C[C@H](C(=O)NC(=O)NC12CC3CC(CC(C3)C1)C2)N(C)Cc1ccccc1. The van der Waals surface area contributed by atoms with Crippen LogP contribution in [-0.4, -0.2) is 35.5 Å². The Kier molecular flexibility index (Phi) is 4.97. The van der Waals surface area contributed by atoms with Crippen LogP contribution in [0.1, 0.15) is 51.0 Å². The molecule has 4 bridgehead atoms. The molecule has 27 heavy (non-hydrogen) atoms. The summed E-state index contributed by atoms with van der Waals surface area (Å²) in [7, 11) is 1.91. The van der Waals surface area contributed by atoms with Crippen molar-refractivity contribution in [2.24, 2.45) is 17.8 Å². The van der Waals surface area contributed by atoms with Crippen molar-refractivity contribution in [3.63, 3.8) is 0 Å². The van der Waals surface area contributed by atoms with Crippen LogP contribution in [0.25, 0.3) is 0 Å². The second-order valence-electron chi connectivity index (χ2n) is 9.22. The van der Waals surface area contributed by atoms with Gasteiger partial charge in [-0.2, -0.15) is 0 Å². The monoisotopic (exact) mass is 369 g/mol. The number of hydrogen-bond donors (Lipinski definition) is 2. The summed E-state index contributed by atoms with van der Waals surface area (Å²) in [6.45, 7) is 2.52. The predicted molar refractivity (Wildman–Crippen MR) is 105 cm³/mol. The fraction of sp³-hybridized carbons (Fsp3) is 0.636. The maximum Gasteiger partial charge on any atom is 0.321 e. The van der Waals surface area contributed by atoms with Gasteiger partial charge in [-0.15, -0.1) is 0 Å². The van der Waals surface area contributed by atoms with Gasteiger partial charge in [0.25, 0.3) is 0 Å². The first-order valence-corrected chi connectivity index (χ1v) is 10.3. The van der Waals surface area contributed by atoms with Gasteiger partial charge in [0.1, 0.15) is 0 Å². The lowest BCUT2D eigenvalue weighted by atomic mass is 9.53. The molecule has 0 heterocycles. The lowest BCUT2D eigenvalue weighted by Gasteiger charge is -2.56. The molecule has 1 atom stereocenters. The van der Waals surface area contributed by atoms with Crippen molar-refractivity contribution in [2.45, 2.75) is 63.6 Å². The van der Waals surface area contributed by atoms with Crippen LogP contribution in [0.5, 0.6) is 0 Å². The average Bonchev–Trinajstić information content (AvgIpc) is 2.60. The normalized spacial score (nSPS) is 32.3. The minimum Gasteiger partial charge on any atom is -0.332 e. The minimum absolute atomic E-state index is 0.0711. The highest BCUT2D eigenvalue weighted by atomic mass is 16.2. The number of likely N-dealkylation sites (N-methyl/N-ethyl adjacent to an activating group) is 1. The Balaban J connectivity index is 1.30. The molecule has 2 N–H and O–H groups in total. The van der Waals surface area contributed by atoms with Crippen molar-refractivity contribution in [3.8, 4) is 0 Å². The van der Waals surface area contributed by atoms with E-state index in [-0.39, 0.29) is 23.5 Å². The molecule has 0 saturated heterocycles. The first kappa shape index (κ1) is 18.5. The minimum atomic E-state index is -0.368. The van der Waals surface area contributed by atoms with Crippen LogP contribution >= 0.6 is 0 Å². The van der Waals surface area contributed by atoms with E-state index in [4.69, 9.17) is 0 Å². The van der Waals surface area contributed by atoms with Crippen LogP contribution in [0, 0.1) is 17.8 Å². The fourth-order valence-corrected chi connectivity index (χ4v) is 5.96. The number of benzene rings is 1. The van der Waals surface area contributed by atoms with Gasteiger partial charge in [0.15, 0.2) is 0 Å². The van der Waals surface area contributed by atoms with Gasteiger partial charge in [-0.1, -0.05) is 30.3 Å². The van der Waals surface area contributed by atoms with Crippen molar-refractivity contribution >= 4 is 11.9 Å². The highest BCUT2D eigenvalue weighted by Crippen LogP contribution is 2.55. The largest absolute Gasteiger partial charge is 0.332 e. The first-order chi connectivity index (χ1) is 12.9. The number of nitrogens with one attached hydrogen (secondary N) is 2. The quantitative estimate of drug-likeness (QED) is 0.837. The molecule has 0 spiro atoms. The molecule has 0 unspecified atom stereocenters. The van der Waals surface area contributed by atoms with Gasteiger partial charge in [-0.25, -0.2) is 4.79 Å². The third-order valence-electron chi connectivity index (χ3n) is 6.97. The smallest absolute Gasteiger partial charge is 0.321 e. The summed E-state index contributed by atoms with van der Waals surface area (Å²) in [6, 6.07) is 9.37. The molecule has 5 nitrogen and oxygen atoms in total. The number of imide groups is 1. The summed E-state index contributed by atoms with van der Waals surface area (Å²) >= 11 is 0. The zero-order valence-corrected chi connectivity index (χ0v) is 16.4. The van der Waals surface area contributed by atoms with Gasteiger partial charge in [0.2, 0.25) is 5.91 Å². The van der Waals surface area contributed by atoms with E-state index >= 15 is 0 Å². The van der Waals surface area contributed by atoms with Crippen molar-refractivity contribution in [1.82, 2.24) is 15.5 Å². The van der Waals surface area contributed by atoms with E-state index in [0.29, 0.717) is 6.54 Å². The molecule has 4 fully saturated rings. The first-order valence-electron chi connectivity index (χ1n) is 10.3. The molecule has 4 saturated carbocycles. The number of urea groups is 1. The van der Waals surface area contributed by atoms with Crippen molar-refractivity contribution in [1.29, 1.82) is 0 Å². The van der Waals surface area contributed by atoms with Crippen LogP contribution in [0.2, 0.25) is 0 Å². The van der Waals surface area contributed by atoms with Gasteiger partial charge in [0, 0.05) is 12.1 Å². The molecule has 0 aliphatic heterocycles. The van der Waals surface area contributed by atoms with Gasteiger partial charge >= 0.3 is 6.03 Å². The van der Waals surface area contributed by atoms with E-state index in [1.807, 2.05) is 49.2 Å². The van der Waals surface area contributed by atoms with Crippen LogP contribution in [0.15, 0.2) is 30.3 Å². The standard InChI is InChI=1S/C22H31N3O2/c1-15(25(2)14-16-6-4-3-5-7-16)20(26)23-21(27)24-22-11-17-8-18(12-22)10-19(9-17)13-22/h3-7,15,17-19H,8-14H2,1-2H3,(H2,23,24,26,27)/t15-,17?,18?,19?,22?/m1/s1. The van der Waals surface area contributed by atoms with E-state index in [0.717, 1.165) is 42.6 Å². The molecule has 3 amide bonds. The van der Waals surface area contributed by atoms with Crippen molar-refractivity contribution < 1.29 is 9.59 Å². The summed E-state index contributed by atoms with van der Waals surface area (Å²) in [6.07, 6.45) is 7.27. The van der Waals surface area contributed by atoms with E-state index in [1.54, 1.807) is 0 Å². The van der Waals surface area contributed by atoms with E-state index in [1.165, 1.54) is 19.3 Å². The number of hydrogen-bond acceptors (Lipinski definition) is 3. The van der Waals surface area contributed by atoms with E-state index in [9.17, 15) is 9.59 Å². The van der Waals surface area contributed by atoms with Gasteiger partial charge in [-0.3, -0.25) is 15.0 Å². The molecule has 1 aromatic rings.